The molecule has 5 aromatic carbocycles. The van der Waals surface area contributed by atoms with Gasteiger partial charge in [0, 0.05) is 63.5 Å². The van der Waals surface area contributed by atoms with Crippen LogP contribution >= 0.6 is 0 Å². The monoisotopic (exact) mass is 580 g/mol. The fraction of sp³-hybridized carbons (Fsp3) is 0.119. The summed E-state index contributed by atoms with van der Waals surface area (Å²) in [6.45, 7) is 9.27. The van der Waals surface area contributed by atoms with E-state index in [2.05, 4.69) is 161 Å². The fourth-order valence-electron chi connectivity index (χ4n) is 8.16. The van der Waals surface area contributed by atoms with Crippen LogP contribution in [0.25, 0.3) is 71.8 Å². The molecular formula is C42H34N3+. The Bertz CT molecular complexity index is 2470. The lowest BCUT2D eigenvalue weighted by Crippen LogP contribution is -2.59. The summed E-state index contributed by atoms with van der Waals surface area (Å²) >= 11 is 0. The molecule has 0 atom stereocenters. The van der Waals surface area contributed by atoms with Gasteiger partial charge in [0.25, 0.3) is 0 Å². The number of hydrogen-bond donors (Lipinski definition) is 0. The van der Waals surface area contributed by atoms with E-state index in [1.54, 1.807) is 0 Å². The summed E-state index contributed by atoms with van der Waals surface area (Å²) in [6.07, 6.45) is 4.25. The molecule has 3 heteroatoms. The van der Waals surface area contributed by atoms with E-state index in [4.69, 9.17) is 6.58 Å². The van der Waals surface area contributed by atoms with Gasteiger partial charge in [-0.05, 0) is 60.2 Å². The number of allylic oxidation sites excluding steroid dienone is 1. The largest absolute Gasteiger partial charge is 0.309 e. The molecular weight excluding hydrogens is 546 g/mol. The first-order chi connectivity index (χ1) is 22.1. The summed E-state index contributed by atoms with van der Waals surface area (Å²) in [6, 6.07) is 46.7. The number of benzene rings is 5. The second-order valence-corrected chi connectivity index (χ2v) is 12.3. The van der Waals surface area contributed by atoms with Gasteiger partial charge in [-0.1, -0.05) is 81.1 Å². The molecule has 45 heavy (non-hydrogen) atoms. The summed E-state index contributed by atoms with van der Waals surface area (Å²) in [5, 5.41) is 5.07. The first kappa shape index (κ1) is 26.0. The van der Waals surface area contributed by atoms with Gasteiger partial charge in [-0.2, -0.15) is 4.57 Å². The number of fused-ring (bicyclic) bond motifs is 9. The zero-order chi connectivity index (χ0) is 30.3. The highest BCUT2D eigenvalue weighted by atomic mass is 15.1. The second-order valence-electron chi connectivity index (χ2n) is 12.3. The van der Waals surface area contributed by atoms with Gasteiger partial charge in [0.05, 0.1) is 27.6 Å². The van der Waals surface area contributed by atoms with Crippen LogP contribution in [-0.4, -0.2) is 9.13 Å². The smallest absolute Gasteiger partial charge is 0.213 e. The highest BCUT2D eigenvalue weighted by Crippen LogP contribution is 2.45. The van der Waals surface area contributed by atoms with Crippen LogP contribution in [0.5, 0.6) is 0 Å². The van der Waals surface area contributed by atoms with E-state index in [0.29, 0.717) is 0 Å². The second kappa shape index (κ2) is 9.54. The Labute approximate surface area is 262 Å². The average Bonchev–Trinajstić information content (AvgIpc) is 3.60. The molecule has 3 nitrogen and oxygen atoms in total. The summed E-state index contributed by atoms with van der Waals surface area (Å²) in [5.74, 6) is 0. The number of hydrogen-bond acceptors (Lipinski definition) is 0. The first-order valence-electron chi connectivity index (χ1n) is 16.0. The van der Waals surface area contributed by atoms with Crippen LogP contribution in [0.3, 0.4) is 0 Å². The third kappa shape index (κ3) is 3.44. The molecule has 0 amide bonds. The number of para-hydroxylation sites is 3. The highest BCUT2D eigenvalue weighted by molar-refractivity contribution is 6.19. The minimum atomic E-state index is -0.117. The quantitative estimate of drug-likeness (QED) is 0.184. The summed E-state index contributed by atoms with van der Waals surface area (Å²) in [4.78, 5) is 0. The third-order valence-electron chi connectivity index (χ3n) is 10.4. The molecule has 0 fully saturated rings. The van der Waals surface area contributed by atoms with Crippen molar-refractivity contribution < 1.29 is 4.57 Å². The molecule has 3 aromatic heterocycles. The topological polar surface area (TPSA) is 13.7 Å². The number of aromatic nitrogens is 3. The van der Waals surface area contributed by atoms with E-state index < -0.39 is 0 Å². The molecule has 8 aromatic rings. The van der Waals surface area contributed by atoms with Crippen molar-refractivity contribution in [2.75, 3.05) is 0 Å². The molecule has 0 unspecified atom stereocenters. The van der Waals surface area contributed by atoms with E-state index in [-0.39, 0.29) is 5.54 Å². The average molecular weight is 581 g/mol. The lowest BCUT2D eigenvalue weighted by Gasteiger charge is -2.35. The Balaban J connectivity index is 1.37. The van der Waals surface area contributed by atoms with E-state index in [1.165, 1.54) is 71.7 Å². The Hall–Kier alpha value is -5.41. The van der Waals surface area contributed by atoms with Crippen molar-refractivity contribution in [3.8, 4) is 22.6 Å². The van der Waals surface area contributed by atoms with Crippen molar-refractivity contribution in [2.45, 2.75) is 32.2 Å². The Morgan fingerprint density at radius 1 is 0.533 bits per heavy atom. The SMILES string of the molecule is C=C1c2ccc(-n3c4ccccc4c4cc5c6ccccc6n(-c6ccccc6)c5cc43)cc2-c2cccc[n+]2C1(CC)CC. The van der Waals surface area contributed by atoms with Crippen LogP contribution in [0, 0.1) is 0 Å². The van der Waals surface area contributed by atoms with Crippen LogP contribution in [0.1, 0.15) is 32.3 Å². The van der Waals surface area contributed by atoms with Crippen molar-refractivity contribution in [2.24, 2.45) is 0 Å². The van der Waals surface area contributed by atoms with E-state index in [9.17, 15) is 0 Å². The predicted molar refractivity (Wildman–Crippen MR) is 188 cm³/mol. The zero-order valence-corrected chi connectivity index (χ0v) is 25.7. The predicted octanol–water partition coefficient (Wildman–Crippen LogP) is 10.4. The first-order valence-corrected chi connectivity index (χ1v) is 16.0. The highest BCUT2D eigenvalue weighted by Gasteiger charge is 2.46. The van der Waals surface area contributed by atoms with Crippen LogP contribution in [0.4, 0.5) is 0 Å². The van der Waals surface area contributed by atoms with Gasteiger partial charge < -0.3 is 9.13 Å². The van der Waals surface area contributed by atoms with Crippen LogP contribution in [0.15, 0.2) is 140 Å². The maximum Gasteiger partial charge on any atom is 0.213 e. The van der Waals surface area contributed by atoms with Crippen molar-refractivity contribution in [1.29, 1.82) is 0 Å². The molecule has 0 saturated carbocycles. The van der Waals surface area contributed by atoms with Gasteiger partial charge in [0.1, 0.15) is 0 Å². The summed E-state index contributed by atoms with van der Waals surface area (Å²) in [5.41, 5.74) is 12.0. The maximum atomic E-state index is 4.70. The fourth-order valence-corrected chi connectivity index (χ4v) is 8.16. The molecule has 0 spiro atoms. The number of rotatable bonds is 4. The van der Waals surface area contributed by atoms with Crippen LogP contribution in [0.2, 0.25) is 0 Å². The molecule has 0 aliphatic carbocycles. The van der Waals surface area contributed by atoms with E-state index in [1.807, 2.05) is 0 Å². The molecule has 0 saturated heterocycles. The van der Waals surface area contributed by atoms with Crippen molar-refractivity contribution in [1.82, 2.24) is 9.13 Å². The molecule has 1 aliphatic rings. The lowest BCUT2D eigenvalue weighted by atomic mass is 9.75. The van der Waals surface area contributed by atoms with Gasteiger partial charge in [0.2, 0.25) is 5.69 Å². The van der Waals surface area contributed by atoms with Gasteiger partial charge in [-0.15, -0.1) is 0 Å². The summed E-state index contributed by atoms with van der Waals surface area (Å²) in [7, 11) is 0. The summed E-state index contributed by atoms with van der Waals surface area (Å²) < 4.78 is 7.33. The molecule has 9 rings (SSSR count). The Kier molecular flexibility index (Phi) is 5.52. The molecule has 0 N–H and O–H groups in total. The normalized spacial score (nSPS) is 14.0. The van der Waals surface area contributed by atoms with Crippen molar-refractivity contribution >= 4 is 49.2 Å². The number of pyridine rings is 1. The minimum Gasteiger partial charge on any atom is -0.309 e. The van der Waals surface area contributed by atoms with Crippen molar-refractivity contribution in [3.05, 3.63) is 146 Å². The minimum absolute atomic E-state index is 0.117. The third-order valence-corrected chi connectivity index (χ3v) is 10.4. The zero-order valence-electron chi connectivity index (χ0n) is 25.7. The standard InChI is InChI=1S/C42H34N3/c1-4-42(5-2)28(3)31-23-22-30(25-34(31)37-19-13-14-24-43(37)42)45-39-21-12-10-18-33(39)36-26-35-32-17-9-11-20-38(32)44(40(35)27-41(36)45)29-15-7-6-8-16-29/h6-27H,3-5H2,1-2H3/q+1. The lowest BCUT2D eigenvalue weighted by molar-refractivity contribution is -0.741. The van der Waals surface area contributed by atoms with Gasteiger partial charge in [-0.3, -0.25) is 0 Å². The maximum absolute atomic E-state index is 4.70. The van der Waals surface area contributed by atoms with Crippen LogP contribution < -0.4 is 4.57 Å². The molecule has 4 heterocycles. The van der Waals surface area contributed by atoms with Gasteiger partial charge >= 0.3 is 0 Å². The van der Waals surface area contributed by atoms with Crippen LogP contribution in [-0.2, 0) is 5.54 Å². The van der Waals surface area contributed by atoms with Crippen molar-refractivity contribution in [3.63, 3.8) is 0 Å². The Morgan fingerprint density at radius 2 is 1.13 bits per heavy atom. The molecule has 0 radical (unpaired) electrons. The molecule has 1 aliphatic heterocycles. The van der Waals surface area contributed by atoms with E-state index >= 15 is 0 Å². The molecule has 216 valence electrons. The van der Waals surface area contributed by atoms with Gasteiger partial charge in [0.15, 0.2) is 11.7 Å². The van der Waals surface area contributed by atoms with E-state index in [0.717, 1.165) is 18.5 Å². The molecule has 0 bridgehead atoms. The Morgan fingerprint density at radius 3 is 1.80 bits per heavy atom. The van der Waals surface area contributed by atoms with Gasteiger partial charge in [-0.25, -0.2) is 0 Å². The number of nitrogens with zero attached hydrogens (tertiary/aromatic N) is 3.